The monoisotopic (exact) mass is 285 g/mol. The largest absolute Gasteiger partial charge is 0.368 e. The van der Waals surface area contributed by atoms with E-state index < -0.39 is 5.54 Å². The molecule has 0 aliphatic heterocycles. The summed E-state index contributed by atoms with van der Waals surface area (Å²) in [5, 5.41) is 3.66. The van der Waals surface area contributed by atoms with Gasteiger partial charge in [0.15, 0.2) is 0 Å². The van der Waals surface area contributed by atoms with E-state index in [1.807, 2.05) is 36.4 Å². The Morgan fingerprint density at radius 2 is 1.05 bits per heavy atom. The maximum atomic E-state index is 4.12. The summed E-state index contributed by atoms with van der Waals surface area (Å²) < 4.78 is 0. The van der Waals surface area contributed by atoms with Crippen LogP contribution in [0.2, 0.25) is 0 Å². The molecule has 0 bridgehead atoms. The summed E-state index contributed by atoms with van der Waals surface area (Å²) >= 11 is 0. The Kier molecular flexibility index (Phi) is 4.06. The lowest BCUT2D eigenvalue weighted by Gasteiger charge is -2.34. The highest BCUT2D eigenvalue weighted by molar-refractivity contribution is 5.56. The molecule has 0 fully saturated rings. The molecule has 1 heteroatoms. The maximum Gasteiger partial charge on any atom is 0.106 e. The minimum absolute atomic E-state index is 0.454. The third kappa shape index (κ3) is 2.66. The second kappa shape index (κ2) is 6.31. The molecule has 1 N–H and O–H groups in total. The van der Waals surface area contributed by atoms with Crippen molar-refractivity contribution in [3.8, 4) is 0 Å². The van der Waals surface area contributed by atoms with Crippen LogP contribution < -0.4 is 5.32 Å². The summed E-state index contributed by atoms with van der Waals surface area (Å²) in [5.41, 5.74) is 2.94. The van der Waals surface area contributed by atoms with Gasteiger partial charge in [-0.05, 0) is 23.3 Å². The summed E-state index contributed by atoms with van der Waals surface area (Å²) in [6, 6.07) is 31.1. The van der Waals surface area contributed by atoms with Crippen LogP contribution in [0, 0.1) is 0 Å². The van der Waals surface area contributed by atoms with E-state index in [1.54, 1.807) is 0 Å². The maximum absolute atomic E-state index is 4.12. The summed E-state index contributed by atoms with van der Waals surface area (Å²) in [7, 11) is 0. The van der Waals surface area contributed by atoms with Gasteiger partial charge in [0.25, 0.3) is 0 Å². The van der Waals surface area contributed by atoms with Crippen molar-refractivity contribution in [1.29, 1.82) is 0 Å². The molecule has 0 saturated heterocycles. The van der Waals surface area contributed by atoms with Crippen molar-refractivity contribution in [2.24, 2.45) is 0 Å². The van der Waals surface area contributed by atoms with E-state index in [0.29, 0.717) is 0 Å². The van der Waals surface area contributed by atoms with Gasteiger partial charge < -0.3 is 5.32 Å². The van der Waals surface area contributed by atoms with Crippen LogP contribution in [0.1, 0.15) is 11.1 Å². The smallest absolute Gasteiger partial charge is 0.106 e. The highest BCUT2D eigenvalue weighted by Gasteiger charge is 2.30. The molecule has 0 aromatic heterocycles. The first-order chi connectivity index (χ1) is 10.8. The Hall–Kier alpha value is -2.80. The fourth-order valence-corrected chi connectivity index (χ4v) is 2.75. The van der Waals surface area contributed by atoms with Crippen LogP contribution >= 0.6 is 0 Å². The number of hydrogen-bond acceptors (Lipinski definition) is 1. The lowest BCUT2D eigenvalue weighted by Crippen LogP contribution is -2.34. The zero-order valence-corrected chi connectivity index (χ0v) is 12.4. The van der Waals surface area contributed by atoms with E-state index in [-0.39, 0.29) is 0 Å². The summed E-state index contributed by atoms with van der Waals surface area (Å²) in [6.45, 7) is 4.12. The van der Waals surface area contributed by atoms with Crippen LogP contribution in [0.5, 0.6) is 0 Å². The van der Waals surface area contributed by atoms with Crippen LogP contribution in [0.25, 0.3) is 0 Å². The van der Waals surface area contributed by atoms with E-state index in [9.17, 15) is 0 Å². The van der Waals surface area contributed by atoms with Crippen molar-refractivity contribution in [2.45, 2.75) is 5.54 Å². The fraction of sp³-hybridized carbons (Fsp3) is 0.0476. The number of para-hydroxylation sites is 1. The number of anilines is 1. The lowest BCUT2D eigenvalue weighted by molar-refractivity contribution is 0.745. The minimum atomic E-state index is -0.454. The quantitative estimate of drug-likeness (QED) is 0.633. The molecule has 108 valence electrons. The number of hydrogen-bond donors (Lipinski definition) is 1. The van der Waals surface area contributed by atoms with E-state index in [4.69, 9.17) is 0 Å². The van der Waals surface area contributed by atoms with Gasteiger partial charge in [0.1, 0.15) is 5.54 Å². The molecule has 0 unspecified atom stereocenters. The SMILES string of the molecule is C=CC(Nc1ccccc1)(c1ccccc1)c1ccccc1. The Labute approximate surface area is 132 Å². The highest BCUT2D eigenvalue weighted by atomic mass is 15.0. The number of benzene rings is 3. The van der Waals surface area contributed by atoms with E-state index >= 15 is 0 Å². The molecule has 0 aliphatic carbocycles. The van der Waals surface area contributed by atoms with Gasteiger partial charge in [-0.3, -0.25) is 0 Å². The average Bonchev–Trinajstić information content (AvgIpc) is 2.62. The molecule has 0 amide bonds. The topological polar surface area (TPSA) is 12.0 Å². The van der Waals surface area contributed by atoms with Gasteiger partial charge >= 0.3 is 0 Å². The van der Waals surface area contributed by atoms with Crippen LogP contribution in [-0.2, 0) is 5.54 Å². The Morgan fingerprint density at radius 3 is 1.45 bits per heavy atom. The zero-order valence-electron chi connectivity index (χ0n) is 12.4. The molecule has 0 aliphatic rings. The second-order valence-corrected chi connectivity index (χ2v) is 5.24. The van der Waals surface area contributed by atoms with Crippen molar-refractivity contribution in [2.75, 3.05) is 5.32 Å². The molecular weight excluding hydrogens is 266 g/mol. The predicted molar refractivity (Wildman–Crippen MR) is 93.9 cm³/mol. The van der Waals surface area contributed by atoms with Gasteiger partial charge in [0.05, 0.1) is 0 Å². The standard InChI is InChI=1S/C21H19N/c1-2-21(18-12-6-3-7-13-18,19-14-8-4-9-15-19)22-20-16-10-5-11-17-20/h2-17,22H,1H2. The molecule has 0 saturated carbocycles. The van der Waals surface area contributed by atoms with Gasteiger partial charge in [-0.25, -0.2) is 0 Å². The molecule has 0 atom stereocenters. The molecule has 0 radical (unpaired) electrons. The van der Waals surface area contributed by atoms with E-state index in [0.717, 1.165) is 5.69 Å². The summed E-state index contributed by atoms with van der Waals surface area (Å²) in [4.78, 5) is 0. The fourth-order valence-electron chi connectivity index (χ4n) is 2.75. The molecular formula is C21H19N. The molecule has 22 heavy (non-hydrogen) atoms. The summed E-state index contributed by atoms with van der Waals surface area (Å²) in [5.74, 6) is 0. The normalized spacial score (nSPS) is 10.9. The Bertz CT molecular complexity index is 678. The van der Waals surface area contributed by atoms with Gasteiger partial charge in [-0.15, -0.1) is 6.58 Å². The first-order valence-electron chi connectivity index (χ1n) is 7.43. The van der Waals surface area contributed by atoms with Crippen LogP contribution in [0.15, 0.2) is 104 Å². The predicted octanol–water partition coefficient (Wildman–Crippen LogP) is 5.23. The van der Waals surface area contributed by atoms with Crippen LogP contribution in [0.3, 0.4) is 0 Å². The van der Waals surface area contributed by atoms with Crippen LogP contribution in [0.4, 0.5) is 5.69 Å². The van der Waals surface area contributed by atoms with Gasteiger partial charge in [0, 0.05) is 5.69 Å². The van der Waals surface area contributed by atoms with Crippen molar-refractivity contribution in [3.63, 3.8) is 0 Å². The third-order valence-electron chi connectivity index (χ3n) is 3.88. The highest BCUT2D eigenvalue weighted by Crippen LogP contribution is 2.34. The first kappa shape index (κ1) is 14.2. The van der Waals surface area contributed by atoms with Crippen molar-refractivity contribution in [1.82, 2.24) is 0 Å². The second-order valence-electron chi connectivity index (χ2n) is 5.24. The van der Waals surface area contributed by atoms with Crippen LogP contribution in [-0.4, -0.2) is 0 Å². The molecule has 1 nitrogen and oxygen atoms in total. The van der Waals surface area contributed by atoms with E-state index in [1.165, 1.54) is 11.1 Å². The molecule has 0 spiro atoms. The molecule has 3 rings (SSSR count). The number of nitrogens with one attached hydrogen (secondary N) is 1. The number of rotatable bonds is 5. The summed E-state index contributed by atoms with van der Waals surface area (Å²) in [6.07, 6.45) is 1.98. The minimum Gasteiger partial charge on any atom is -0.368 e. The first-order valence-corrected chi connectivity index (χ1v) is 7.43. The van der Waals surface area contributed by atoms with Crippen molar-refractivity contribution in [3.05, 3.63) is 115 Å². The van der Waals surface area contributed by atoms with E-state index in [2.05, 4.69) is 72.6 Å². The zero-order chi connectivity index (χ0) is 15.3. The molecule has 0 heterocycles. The third-order valence-corrected chi connectivity index (χ3v) is 3.88. The van der Waals surface area contributed by atoms with Gasteiger partial charge in [0.2, 0.25) is 0 Å². The van der Waals surface area contributed by atoms with Gasteiger partial charge in [-0.1, -0.05) is 84.9 Å². The lowest BCUT2D eigenvalue weighted by atomic mass is 9.82. The molecule has 3 aromatic rings. The van der Waals surface area contributed by atoms with Gasteiger partial charge in [-0.2, -0.15) is 0 Å². The Balaban J connectivity index is 2.15. The van der Waals surface area contributed by atoms with Crippen molar-refractivity contribution < 1.29 is 0 Å². The Morgan fingerprint density at radius 1 is 0.636 bits per heavy atom. The molecule has 3 aromatic carbocycles. The van der Waals surface area contributed by atoms with Crippen molar-refractivity contribution >= 4 is 5.69 Å². The average molecular weight is 285 g/mol.